The van der Waals surface area contributed by atoms with Crippen molar-refractivity contribution < 1.29 is 38.1 Å². The lowest BCUT2D eigenvalue weighted by Gasteiger charge is -2.05. The molecule has 0 bridgehead atoms. The number of unbranched alkanes of at least 4 members (excludes halogenated alkanes) is 2. The summed E-state index contributed by atoms with van der Waals surface area (Å²) in [5, 5.41) is 0. The highest BCUT2D eigenvalue weighted by molar-refractivity contribution is 5.77. The van der Waals surface area contributed by atoms with Crippen molar-refractivity contribution in [2.45, 2.75) is 46.0 Å². The van der Waals surface area contributed by atoms with Crippen LogP contribution in [0.3, 0.4) is 0 Å². The number of ether oxygens (including phenoxy) is 4. The van der Waals surface area contributed by atoms with Gasteiger partial charge in [-0.3, -0.25) is 9.59 Å². The van der Waals surface area contributed by atoms with Crippen molar-refractivity contribution in [1.29, 1.82) is 0 Å². The largest absolute Gasteiger partial charge is 0.463 e. The minimum absolute atomic E-state index is 0.164. The number of carbonyl (C=O) groups excluding carboxylic acids is 4. The molecule has 0 rings (SSSR count). The van der Waals surface area contributed by atoms with Gasteiger partial charge < -0.3 is 18.9 Å². The van der Waals surface area contributed by atoms with E-state index in [0.717, 1.165) is 0 Å². The Kier molecular flexibility index (Phi) is 12.3. The standard InChI is InChI=1S/C15H24O8/c1-3-20-14(18)10-22-12(16)8-6-5-7-9-13(17)23-11-15(19)21-4-2/h3-11H2,1-2H3. The number of hydrogen-bond donors (Lipinski definition) is 0. The third kappa shape index (κ3) is 13.3. The molecule has 0 aliphatic heterocycles. The Morgan fingerprint density at radius 3 is 1.30 bits per heavy atom. The first-order valence-corrected chi connectivity index (χ1v) is 7.62. The first kappa shape index (κ1) is 20.9. The summed E-state index contributed by atoms with van der Waals surface area (Å²) in [7, 11) is 0. The predicted octanol–water partition coefficient (Wildman–Crippen LogP) is 1.15. The molecule has 0 atom stereocenters. The molecule has 0 saturated carbocycles. The first-order valence-electron chi connectivity index (χ1n) is 7.62. The van der Waals surface area contributed by atoms with Crippen LogP contribution in [0.4, 0.5) is 0 Å². The van der Waals surface area contributed by atoms with E-state index < -0.39 is 23.9 Å². The summed E-state index contributed by atoms with van der Waals surface area (Å²) in [6.45, 7) is 3.04. The van der Waals surface area contributed by atoms with Gasteiger partial charge in [0.25, 0.3) is 0 Å². The van der Waals surface area contributed by atoms with Crippen LogP contribution in [0.2, 0.25) is 0 Å². The van der Waals surface area contributed by atoms with Crippen molar-refractivity contribution in [3.8, 4) is 0 Å². The van der Waals surface area contributed by atoms with Crippen LogP contribution in [-0.2, 0) is 38.1 Å². The van der Waals surface area contributed by atoms with Crippen LogP contribution in [0.1, 0.15) is 46.0 Å². The SMILES string of the molecule is CCOC(=O)COC(=O)CCCCCC(=O)OCC(=O)OCC. The second-order valence-corrected chi connectivity index (χ2v) is 4.49. The highest BCUT2D eigenvalue weighted by Crippen LogP contribution is 2.05. The van der Waals surface area contributed by atoms with Crippen LogP contribution >= 0.6 is 0 Å². The Morgan fingerprint density at radius 2 is 0.957 bits per heavy atom. The summed E-state index contributed by atoms with van der Waals surface area (Å²) in [4.78, 5) is 44.6. The molecule has 0 aliphatic rings. The van der Waals surface area contributed by atoms with Gasteiger partial charge in [-0.1, -0.05) is 6.42 Å². The van der Waals surface area contributed by atoms with Crippen molar-refractivity contribution in [3.05, 3.63) is 0 Å². The van der Waals surface area contributed by atoms with E-state index in [2.05, 4.69) is 9.47 Å². The van der Waals surface area contributed by atoms with Crippen LogP contribution in [0.15, 0.2) is 0 Å². The summed E-state index contributed by atoms with van der Waals surface area (Å²) in [6.07, 6.45) is 2.03. The summed E-state index contributed by atoms with van der Waals surface area (Å²) in [5.74, 6) is -2.12. The molecule has 0 amide bonds. The number of esters is 4. The first-order chi connectivity index (χ1) is 11.0. The molecule has 0 aliphatic carbocycles. The van der Waals surface area contributed by atoms with Gasteiger partial charge in [0.15, 0.2) is 13.2 Å². The molecule has 132 valence electrons. The van der Waals surface area contributed by atoms with Crippen LogP contribution in [0, 0.1) is 0 Å². The Morgan fingerprint density at radius 1 is 0.565 bits per heavy atom. The van der Waals surface area contributed by atoms with Crippen molar-refractivity contribution in [2.24, 2.45) is 0 Å². The molecule has 0 aromatic rings. The lowest BCUT2D eigenvalue weighted by atomic mass is 10.1. The molecule has 0 heterocycles. The zero-order chi connectivity index (χ0) is 17.5. The molecule has 0 unspecified atom stereocenters. The average Bonchev–Trinajstić information content (AvgIpc) is 2.51. The van der Waals surface area contributed by atoms with E-state index in [4.69, 9.17) is 9.47 Å². The van der Waals surface area contributed by atoms with Crippen molar-refractivity contribution in [3.63, 3.8) is 0 Å². The fourth-order valence-corrected chi connectivity index (χ4v) is 1.54. The topological polar surface area (TPSA) is 105 Å². The van der Waals surface area contributed by atoms with Crippen LogP contribution < -0.4 is 0 Å². The van der Waals surface area contributed by atoms with E-state index in [9.17, 15) is 19.2 Å². The van der Waals surface area contributed by atoms with E-state index in [1.165, 1.54) is 0 Å². The number of carbonyl (C=O) groups is 4. The van der Waals surface area contributed by atoms with Gasteiger partial charge in [0.1, 0.15) is 0 Å². The second kappa shape index (κ2) is 13.5. The van der Waals surface area contributed by atoms with E-state index >= 15 is 0 Å². The minimum atomic E-state index is -0.579. The van der Waals surface area contributed by atoms with Gasteiger partial charge in [-0.05, 0) is 26.7 Å². The molecule has 8 nitrogen and oxygen atoms in total. The van der Waals surface area contributed by atoms with E-state index in [1.54, 1.807) is 13.8 Å². The maximum absolute atomic E-state index is 11.3. The van der Waals surface area contributed by atoms with Gasteiger partial charge in [-0.2, -0.15) is 0 Å². The fraction of sp³-hybridized carbons (Fsp3) is 0.733. The summed E-state index contributed by atoms with van der Waals surface area (Å²) >= 11 is 0. The van der Waals surface area contributed by atoms with Gasteiger partial charge in [-0.25, -0.2) is 9.59 Å². The third-order valence-electron chi connectivity index (χ3n) is 2.57. The zero-order valence-corrected chi connectivity index (χ0v) is 13.6. The Labute approximate surface area is 135 Å². The van der Waals surface area contributed by atoms with Gasteiger partial charge in [0, 0.05) is 12.8 Å². The molecular formula is C15H24O8. The van der Waals surface area contributed by atoms with E-state index in [1.807, 2.05) is 0 Å². The molecular weight excluding hydrogens is 308 g/mol. The summed E-state index contributed by atoms with van der Waals surface area (Å²) in [6, 6.07) is 0. The Balaban J connectivity index is 3.53. The molecule has 0 N–H and O–H groups in total. The molecule has 0 aromatic heterocycles. The Bertz CT molecular complexity index is 355. The lowest BCUT2D eigenvalue weighted by Crippen LogP contribution is -2.16. The molecule has 0 fully saturated rings. The van der Waals surface area contributed by atoms with Gasteiger partial charge in [0.2, 0.25) is 0 Å². The smallest absolute Gasteiger partial charge is 0.344 e. The van der Waals surface area contributed by atoms with Gasteiger partial charge in [-0.15, -0.1) is 0 Å². The van der Waals surface area contributed by atoms with Crippen molar-refractivity contribution in [1.82, 2.24) is 0 Å². The van der Waals surface area contributed by atoms with Gasteiger partial charge >= 0.3 is 23.9 Å². The van der Waals surface area contributed by atoms with Crippen LogP contribution in [0.5, 0.6) is 0 Å². The highest BCUT2D eigenvalue weighted by atomic mass is 16.6. The maximum atomic E-state index is 11.3. The number of rotatable bonds is 12. The summed E-state index contributed by atoms with van der Waals surface area (Å²) in [5.41, 5.74) is 0. The summed E-state index contributed by atoms with van der Waals surface area (Å²) < 4.78 is 18.7. The molecule has 23 heavy (non-hydrogen) atoms. The second-order valence-electron chi connectivity index (χ2n) is 4.49. The monoisotopic (exact) mass is 332 g/mol. The third-order valence-corrected chi connectivity index (χ3v) is 2.57. The average molecular weight is 332 g/mol. The molecule has 8 heteroatoms. The molecule has 0 aromatic carbocycles. The molecule has 0 radical (unpaired) electrons. The predicted molar refractivity (Wildman–Crippen MR) is 78.3 cm³/mol. The molecule has 0 saturated heterocycles. The van der Waals surface area contributed by atoms with Crippen molar-refractivity contribution in [2.75, 3.05) is 26.4 Å². The van der Waals surface area contributed by atoms with Crippen LogP contribution in [0.25, 0.3) is 0 Å². The number of hydrogen-bond acceptors (Lipinski definition) is 8. The minimum Gasteiger partial charge on any atom is -0.463 e. The Hall–Kier alpha value is -2.12. The van der Waals surface area contributed by atoms with Crippen molar-refractivity contribution >= 4 is 23.9 Å². The maximum Gasteiger partial charge on any atom is 0.344 e. The fourth-order valence-electron chi connectivity index (χ4n) is 1.54. The quantitative estimate of drug-likeness (QED) is 0.298. The molecule has 0 spiro atoms. The van der Waals surface area contributed by atoms with E-state index in [0.29, 0.717) is 19.3 Å². The zero-order valence-electron chi connectivity index (χ0n) is 13.6. The van der Waals surface area contributed by atoms with Crippen LogP contribution in [-0.4, -0.2) is 50.3 Å². The lowest BCUT2D eigenvalue weighted by molar-refractivity contribution is -0.158. The highest BCUT2D eigenvalue weighted by Gasteiger charge is 2.09. The normalized spacial score (nSPS) is 9.83. The van der Waals surface area contributed by atoms with E-state index in [-0.39, 0.29) is 39.3 Å². The van der Waals surface area contributed by atoms with Gasteiger partial charge in [0.05, 0.1) is 13.2 Å².